The van der Waals surface area contributed by atoms with E-state index in [1.807, 2.05) is 54.6 Å². The minimum absolute atomic E-state index is 0.0769. The maximum absolute atomic E-state index is 12.8. The summed E-state index contributed by atoms with van der Waals surface area (Å²) >= 11 is 0. The molecule has 2 N–H and O–H groups in total. The minimum Gasteiger partial charge on any atom is -0.379 e. The summed E-state index contributed by atoms with van der Waals surface area (Å²) in [5, 5.41) is 7.44. The Bertz CT molecular complexity index is 1070. The van der Waals surface area contributed by atoms with Gasteiger partial charge in [0.25, 0.3) is 0 Å². The lowest BCUT2D eigenvalue weighted by molar-refractivity contribution is -0.118. The zero-order chi connectivity index (χ0) is 18.1. The van der Waals surface area contributed by atoms with E-state index in [-0.39, 0.29) is 18.3 Å². The SMILES string of the molecule is CN(C(=O)Cn1c(-c2nonc2N)nc2ccccc21)c1ccccc1. The smallest absolute Gasteiger partial charge is 0.246 e. The van der Waals surface area contributed by atoms with Crippen LogP contribution in [0.15, 0.2) is 59.2 Å². The second-order valence-corrected chi connectivity index (χ2v) is 5.80. The number of nitrogens with two attached hydrogens (primary N) is 1. The molecule has 0 aliphatic rings. The molecule has 1 amide bonds. The van der Waals surface area contributed by atoms with Crippen LogP contribution in [0.1, 0.15) is 0 Å². The van der Waals surface area contributed by atoms with Crippen LogP contribution in [0.2, 0.25) is 0 Å². The molecule has 4 rings (SSSR count). The maximum atomic E-state index is 12.8. The molecule has 0 saturated heterocycles. The number of hydrogen-bond donors (Lipinski definition) is 1. The molecule has 0 aliphatic carbocycles. The van der Waals surface area contributed by atoms with Gasteiger partial charge in [0.1, 0.15) is 6.54 Å². The van der Waals surface area contributed by atoms with Gasteiger partial charge < -0.3 is 15.2 Å². The molecule has 0 saturated carbocycles. The van der Waals surface area contributed by atoms with Gasteiger partial charge in [0, 0.05) is 12.7 Å². The number of carbonyl (C=O) groups is 1. The summed E-state index contributed by atoms with van der Waals surface area (Å²) in [4.78, 5) is 19.0. The first-order valence-corrected chi connectivity index (χ1v) is 8.00. The third-order valence-corrected chi connectivity index (χ3v) is 4.19. The number of fused-ring (bicyclic) bond motifs is 1. The van der Waals surface area contributed by atoms with E-state index >= 15 is 0 Å². The topological polar surface area (TPSA) is 103 Å². The predicted octanol–water partition coefficient (Wildman–Crippen LogP) is 2.33. The standard InChI is InChI=1S/C18H16N6O2/c1-23(12-7-3-2-4-8-12)15(25)11-24-14-10-6-5-9-13(14)20-18(24)16-17(19)22-26-21-16/h2-10H,11H2,1H3,(H2,19,22). The third kappa shape index (κ3) is 2.67. The van der Waals surface area contributed by atoms with Gasteiger partial charge in [-0.25, -0.2) is 9.61 Å². The molecule has 0 aliphatic heterocycles. The molecule has 26 heavy (non-hydrogen) atoms. The van der Waals surface area contributed by atoms with Gasteiger partial charge in [-0.2, -0.15) is 0 Å². The maximum Gasteiger partial charge on any atom is 0.246 e. The average Bonchev–Trinajstić information content (AvgIpc) is 3.25. The van der Waals surface area contributed by atoms with Gasteiger partial charge in [-0.3, -0.25) is 4.79 Å². The Balaban J connectivity index is 1.76. The van der Waals surface area contributed by atoms with Gasteiger partial charge >= 0.3 is 0 Å². The van der Waals surface area contributed by atoms with E-state index in [2.05, 4.69) is 15.3 Å². The summed E-state index contributed by atoms with van der Waals surface area (Å²) in [5.41, 5.74) is 8.50. The Morgan fingerprint density at radius 1 is 1.12 bits per heavy atom. The van der Waals surface area contributed by atoms with E-state index in [9.17, 15) is 4.79 Å². The van der Waals surface area contributed by atoms with Crippen LogP contribution in [0.5, 0.6) is 0 Å². The van der Waals surface area contributed by atoms with Gasteiger partial charge in [0.2, 0.25) is 5.91 Å². The molecule has 130 valence electrons. The van der Waals surface area contributed by atoms with Crippen molar-refractivity contribution in [3.63, 3.8) is 0 Å². The van der Waals surface area contributed by atoms with Crippen LogP contribution in [0.3, 0.4) is 0 Å². The highest BCUT2D eigenvalue weighted by molar-refractivity contribution is 5.94. The van der Waals surface area contributed by atoms with Gasteiger partial charge in [-0.05, 0) is 34.6 Å². The predicted molar refractivity (Wildman–Crippen MR) is 97.3 cm³/mol. The highest BCUT2D eigenvalue weighted by Gasteiger charge is 2.22. The van der Waals surface area contributed by atoms with Crippen LogP contribution in [-0.2, 0) is 11.3 Å². The number of carbonyl (C=O) groups excluding carboxylic acids is 1. The summed E-state index contributed by atoms with van der Waals surface area (Å²) in [6.45, 7) is 0.0769. The first-order chi connectivity index (χ1) is 12.6. The normalized spacial score (nSPS) is 11.0. The number of aromatic nitrogens is 4. The van der Waals surface area contributed by atoms with Crippen molar-refractivity contribution >= 4 is 28.4 Å². The van der Waals surface area contributed by atoms with Crippen LogP contribution >= 0.6 is 0 Å². The Kier molecular flexibility index (Phi) is 3.85. The van der Waals surface area contributed by atoms with Crippen LogP contribution in [0, 0.1) is 0 Å². The lowest BCUT2D eigenvalue weighted by atomic mass is 10.3. The largest absolute Gasteiger partial charge is 0.379 e. The van der Waals surface area contributed by atoms with E-state index in [0.29, 0.717) is 11.5 Å². The van der Waals surface area contributed by atoms with E-state index in [1.54, 1.807) is 16.5 Å². The number of rotatable bonds is 4. The molecule has 0 fully saturated rings. The summed E-state index contributed by atoms with van der Waals surface area (Å²) in [5.74, 6) is 0.473. The number of nitrogen functional groups attached to an aromatic ring is 1. The Morgan fingerprint density at radius 2 is 1.85 bits per heavy atom. The van der Waals surface area contributed by atoms with E-state index in [1.165, 1.54) is 0 Å². The highest BCUT2D eigenvalue weighted by Crippen LogP contribution is 2.26. The number of para-hydroxylation sites is 3. The second kappa shape index (κ2) is 6.32. The van der Waals surface area contributed by atoms with Gasteiger partial charge in [0.05, 0.1) is 11.0 Å². The number of hydrogen-bond acceptors (Lipinski definition) is 6. The van der Waals surface area contributed by atoms with Crippen molar-refractivity contribution in [2.24, 2.45) is 0 Å². The number of likely N-dealkylation sites (N-methyl/N-ethyl adjacent to an activating group) is 1. The van der Waals surface area contributed by atoms with Crippen LogP contribution < -0.4 is 10.6 Å². The molecule has 0 radical (unpaired) electrons. The van der Waals surface area contributed by atoms with E-state index < -0.39 is 0 Å². The molecule has 8 heteroatoms. The van der Waals surface area contributed by atoms with Crippen molar-refractivity contribution in [2.45, 2.75) is 6.54 Å². The Labute approximate surface area is 148 Å². The first kappa shape index (κ1) is 15.8. The summed E-state index contributed by atoms with van der Waals surface area (Å²) < 4.78 is 6.47. The van der Waals surface area contributed by atoms with Gasteiger partial charge in [-0.15, -0.1) is 0 Å². The average molecular weight is 348 g/mol. The number of nitrogens with zero attached hydrogens (tertiary/aromatic N) is 5. The molecular formula is C18H16N6O2. The summed E-state index contributed by atoms with van der Waals surface area (Å²) in [7, 11) is 1.74. The first-order valence-electron chi connectivity index (χ1n) is 8.00. The minimum atomic E-state index is -0.101. The monoisotopic (exact) mass is 348 g/mol. The van der Waals surface area contributed by atoms with E-state index in [0.717, 1.165) is 16.7 Å². The molecule has 8 nitrogen and oxygen atoms in total. The number of anilines is 2. The summed E-state index contributed by atoms with van der Waals surface area (Å²) in [6.07, 6.45) is 0. The van der Waals surface area contributed by atoms with Crippen molar-refractivity contribution in [3.8, 4) is 11.5 Å². The zero-order valence-electron chi connectivity index (χ0n) is 14.0. The Hall–Kier alpha value is -3.68. The zero-order valence-corrected chi connectivity index (χ0v) is 14.0. The molecule has 0 unspecified atom stereocenters. The molecular weight excluding hydrogens is 332 g/mol. The fourth-order valence-corrected chi connectivity index (χ4v) is 2.80. The molecule has 2 aromatic carbocycles. The fraction of sp³-hybridized carbons (Fsp3) is 0.111. The fourth-order valence-electron chi connectivity index (χ4n) is 2.80. The summed E-state index contributed by atoms with van der Waals surface area (Å²) in [6, 6.07) is 17.0. The van der Waals surface area contributed by atoms with Gasteiger partial charge in [0.15, 0.2) is 17.3 Å². The third-order valence-electron chi connectivity index (χ3n) is 4.19. The molecule has 4 aromatic rings. The number of benzene rings is 2. The molecule has 0 spiro atoms. The van der Waals surface area contributed by atoms with Crippen molar-refractivity contribution in [3.05, 3.63) is 54.6 Å². The van der Waals surface area contributed by atoms with Crippen LogP contribution in [0.25, 0.3) is 22.6 Å². The van der Waals surface area contributed by atoms with Crippen LogP contribution in [0.4, 0.5) is 11.5 Å². The van der Waals surface area contributed by atoms with Crippen molar-refractivity contribution < 1.29 is 9.42 Å². The van der Waals surface area contributed by atoms with Crippen molar-refractivity contribution in [1.29, 1.82) is 0 Å². The molecule has 0 bridgehead atoms. The highest BCUT2D eigenvalue weighted by atomic mass is 16.6. The van der Waals surface area contributed by atoms with E-state index in [4.69, 9.17) is 10.4 Å². The van der Waals surface area contributed by atoms with Crippen molar-refractivity contribution in [1.82, 2.24) is 19.9 Å². The molecule has 2 aromatic heterocycles. The Morgan fingerprint density at radius 3 is 2.58 bits per heavy atom. The molecule has 2 heterocycles. The quantitative estimate of drug-likeness (QED) is 0.607. The number of imidazole rings is 1. The molecule has 0 atom stereocenters. The second-order valence-electron chi connectivity index (χ2n) is 5.80. The lowest BCUT2D eigenvalue weighted by Crippen LogP contribution is -2.30. The van der Waals surface area contributed by atoms with Crippen LogP contribution in [-0.4, -0.2) is 32.8 Å². The van der Waals surface area contributed by atoms with Crippen molar-refractivity contribution in [2.75, 3.05) is 17.7 Å². The van der Waals surface area contributed by atoms with Gasteiger partial charge in [-0.1, -0.05) is 30.3 Å². The lowest BCUT2D eigenvalue weighted by Gasteiger charge is -2.18. The number of amides is 1.